The summed E-state index contributed by atoms with van der Waals surface area (Å²) in [6.07, 6.45) is 3.89. The van der Waals surface area contributed by atoms with Crippen LogP contribution in [-0.2, 0) is 16.0 Å². The number of carbonyl (C=O) groups is 2. The smallest absolute Gasteiger partial charge is 0.342 e. The van der Waals surface area contributed by atoms with Gasteiger partial charge in [0.05, 0.1) is 17.0 Å². The Labute approximate surface area is 158 Å². The van der Waals surface area contributed by atoms with Crippen molar-refractivity contribution in [1.29, 1.82) is 0 Å². The summed E-state index contributed by atoms with van der Waals surface area (Å²) < 4.78 is 32.9. The van der Waals surface area contributed by atoms with Gasteiger partial charge in [-0.25, -0.2) is 13.6 Å². The molecule has 3 atom stereocenters. The number of rotatable bonds is 0. The minimum absolute atomic E-state index is 0.0572. The van der Waals surface area contributed by atoms with Crippen molar-refractivity contribution in [2.75, 3.05) is 0 Å². The van der Waals surface area contributed by atoms with E-state index in [-0.39, 0.29) is 29.0 Å². The highest BCUT2D eigenvalue weighted by Gasteiger charge is 2.66. The van der Waals surface area contributed by atoms with E-state index in [0.717, 1.165) is 12.1 Å². The number of carbonyl (C=O) groups excluding carboxylic acids is 2. The zero-order valence-corrected chi connectivity index (χ0v) is 15.0. The number of ketones is 1. The van der Waals surface area contributed by atoms with Gasteiger partial charge in [-0.3, -0.25) is 4.79 Å². The van der Waals surface area contributed by atoms with Crippen molar-refractivity contribution < 1.29 is 33.3 Å². The largest absolute Gasteiger partial charge is 0.507 e. The number of hydrogen-bond acceptors (Lipinski definition) is 5. The van der Waals surface area contributed by atoms with Crippen LogP contribution in [0.5, 0.6) is 11.5 Å². The molecule has 0 aromatic heterocycles. The molecule has 5 nitrogen and oxygen atoms in total. The fourth-order valence-electron chi connectivity index (χ4n) is 3.29. The number of hydrogen-bond donors (Lipinski definition) is 2. The summed E-state index contributed by atoms with van der Waals surface area (Å²) in [4.78, 5) is 24.6. The number of aromatic hydroxyl groups is 2. The van der Waals surface area contributed by atoms with Crippen molar-refractivity contribution in [1.82, 2.24) is 0 Å². The first-order chi connectivity index (χ1) is 12.6. The molecule has 0 amide bonds. The fraction of sp³-hybridized carbons (Fsp3) is 0.368. The molecule has 144 valence electrons. The maximum atomic E-state index is 13.9. The highest BCUT2D eigenvalue weighted by atomic mass is 35.5. The Morgan fingerprint density at radius 2 is 1.93 bits per heavy atom. The molecular formula is C19H17ClF2O5. The summed E-state index contributed by atoms with van der Waals surface area (Å²) in [5, 5.41) is 19.6. The normalized spacial score (nSPS) is 29.7. The third kappa shape index (κ3) is 3.69. The third-order valence-electron chi connectivity index (χ3n) is 4.75. The van der Waals surface area contributed by atoms with E-state index in [1.165, 1.54) is 25.2 Å². The molecule has 1 aliphatic heterocycles. The number of esters is 1. The molecule has 0 saturated heterocycles. The van der Waals surface area contributed by atoms with Gasteiger partial charge in [0.25, 0.3) is 5.92 Å². The molecule has 0 radical (unpaired) electrons. The maximum Gasteiger partial charge on any atom is 0.342 e. The van der Waals surface area contributed by atoms with Gasteiger partial charge in [0.2, 0.25) is 0 Å². The van der Waals surface area contributed by atoms with E-state index < -0.39 is 47.1 Å². The van der Waals surface area contributed by atoms with E-state index in [2.05, 4.69) is 0 Å². The summed E-state index contributed by atoms with van der Waals surface area (Å²) in [5.74, 6) is -7.45. The van der Waals surface area contributed by atoms with Crippen LogP contribution >= 0.6 is 11.6 Å². The van der Waals surface area contributed by atoms with Gasteiger partial charge in [0.15, 0.2) is 5.78 Å². The standard InChI is InChI=1S/C19H17ClF2O5/c1-9-6-13-12(19(13,21)22)5-3-2-4-10(23)7-11-16(18(26)27-9)14(24)8-15(25)17(11)20/h2-5,8-9,12-13,24-25H,6-7H2,1H3/b4-2-,5-3+/t9-,12-,13-/m1/s1. The molecule has 1 aromatic rings. The Balaban J connectivity index is 2.02. The summed E-state index contributed by atoms with van der Waals surface area (Å²) in [5.41, 5.74) is -0.449. The van der Waals surface area contributed by atoms with Gasteiger partial charge in [-0.1, -0.05) is 29.8 Å². The van der Waals surface area contributed by atoms with E-state index in [4.69, 9.17) is 16.3 Å². The number of fused-ring (bicyclic) bond motifs is 2. The Morgan fingerprint density at radius 3 is 2.63 bits per heavy atom. The molecule has 1 heterocycles. The highest BCUT2D eigenvalue weighted by molar-refractivity contribution is 6.33. The van der Waals surface area contributed by atoms with Crippen molar-refractivity contribution in [3.63, 3.8) is 0 Å². The summed E-state index contributed by atoms with van der Waals surface area (Å²) in [6, 6.07) is 0.865. The van der Waals surface area contributed by atoms with E-state index >= 15 is 0 Å². The third-order valence-corrected chi connectivity index (χ3v) is 5.17. The minimum atomic E-state index is -2.90. The Morgan fingerprint density at radius 1 is 1.22 bits per heavy atom. The van der Waals surface area contributed by atoms with Gasteiger partial charge >= 0.3 is 5.97 Å². The second kappa shape index (κ2) is 6.96. The lowest BCUT2D eigenvalue weighted by atomic mass is 10.00. The van der Waals surface area contributed by atoms with Crippen LogP contribution in [0.4, 0.5) is 8.78 Å². The van der Waals surface area contributed by atoms with Crippen molar-refractivity contribution in [2.45, 2.75) is 31.8 Å². The van der Waals surface area contributed by atoms with Crippen LogP contribution < -0.4 is 0 Å². The second-order valence-corrected chi connectivity index (χ2v) is 7.11. The van der Waals surface area contributed by atoms with Gasteiger partial charge in [-0.15, -0.1) is 0 Å². The van der Waals surface area contributed by atoms with Crippen molar-refractivity contribution >= 4 is 23.4 Å². The molecule has 1 fully saturated rings. The number of allylic oxidation sites excluding steroid dienone is 4. The highest BCUT2D eigenvalue weighted by Crippen LogP contribution is 2.58. The lowest BCUT2D eigenvalue weighted by Gasteiger charge is -2.17. The predicted octanol–water partition coefficient (Wildman–Crippen LogP) is 3.81. The van der Waals surface area contributed by atoms with Gasteiger partial charge in [-0.2, -0.15) is 0 Å². The second-order valence-electron chi connectivity index (χ2n) is 6.73. The number of ether oxygens (including phenoxy) is 1. The average Bonchev–Trinajstić information content (AvgIpc) is 3.07. The molecule has 1 aromatic carbocycles. The number of benzene rings is 1. The quantitative estimate of drug-likeness (QED) is 0.649. The Hall–Kier alpha value is -2.41. The lowest BCUT2D eigenvalue weighted by molar-refractivity contribution is -0.114. The number of phenols is 2. The topological polar surface area (TPSA) is 83.8 Å². The molecule has 27 heavy (non-hydrogen) atoms. The van der Waals surface area contributed by atoms with Crippen molar-refractivity contribution in [2.24, 2.45) is 11.8 Å². The number of cyclic esters (lactones) is 1. The summed E-state index contributed by atoms with van der Waals surface area (Å²) >= 11 is 6.01. The van der Waals surface area contributed by atoms with Gasteiger partial charge < -0.3 is 14.9 Å². The van der Waals surface area contributed by atoms with Gasteiger partial charge in [0, 0.05) is 24.0 Å². The summed E-state index contributed by atoms with van der Waals surface area (Å²) in [6.45, 7) is 1.47. The van der Waals surface area contributed by atoms with Crippen LogP contribution in [0.25, 0.3) is 0 Å². The van der Waals surface area contributed by atoms with Crippen LogP contribution in [0.3, 0.4) is 0 Å². The van der Waals surface area contributed by atoms with E-state index in [1.807, 2.05) is 0 Å². The predicted molar refractivity (Wildman–Crippen MR) is 93.2 cm³/mol. The molecule has 2 N–H and O–H groups in total. The molecule has 1 aliphatic carbocycles. The first-order valence-electron chi connectivity index (χ1n) is 8.32. The van der Waals surface area contributed by atoms with Crippen molar-refractivity contribution in [3.8, 4) is 11.5 Å². The van der Waals surface area contributed by atoms with Crippen LogP contribution in [0.2, 0.25) is 5.02 Å². The molecule has 8 heteroatoms. The molecule has 0 spiro atoms. The zero-order chi connectivity index (χ0) is 19.9. The molecule has 1 saturated carbocycles. The first-order valence-corrected chi connectivity index (χ1v) is 8.70. The minimum Gasteiger partial charge on any atom is -0.507 e. The van der Waals surface area contributed by atoms with Crippen LogP contribution in [0.15, 0.2) is 30.4 Å². The number of halogens is 3. The van der Waals surface area contributed by atoms with Crippen LogP contribution in [-0.4, -0.2) is 34.0 Å². The Bertz CT molecular complexity index is 862. The molecule has 0 bridgehead atoms. The molecule has 2 aliphatic rings. The van der Waals surface area contributed by atoms with Crippen LogP contribution in [0, 0.1) is 11.8 Å². The summed E-state index contributed by atoms with van der Waals surface area (Å²) in [7, 11) is 0. The molecule has 0 unspecified atom stereocenters. The maximum absolute atomic E-state index is 13.9. The number of alkyl halides is 2. The SMILES string of the molecule is C[C@@H]1C[C@@H]2[C@@H](/C=C/C=C\C(=O)Cc3c(Cl)c(O)cc(O)c3C(=O)O1)C2(F)F. The first kappa shape index (κ1) is 19.4. The lowest BCUT2D eigenvalue weighted by Crippen LogP contribution is -2.19. The van der Waals surface area contributed by atoms with E-state index in [9.17, 15) is 28.6 Å². The monoisotopic (exact) mass is 398 g/mol. The van der Waals surface area contributed by atoms with Gasteiger partial charge in [0.1, 0.15) is 17.1 Å². The fourth-order valence-corrected chi connectivity index (χ4v) is 3.50. The molecule has 3 rings (SSSR count). The molecular weight excluding hydrogens is 382 g/mol. The zero-order valence-electron chi connectivity index (χ0n) is 14.3. The Kier molecular flexibility index (Phi) is 4.99. The van der Waals surface area contributed by atoms with Crippen LogP contribution in [0.1, 0.15) is 29.3 Å². The number of phenolic OH excluding ortho intramolecular Hbond substituents is 2. The van der Waals surface area contributed by atoms with E-state index in [0.29, 0.717) is 0 Å². The average molecular weight is 399 g/mol. The van der Waals surface area contributed by atoms with E-state index in [1.54, 1.807) is 0 Å². The van der Waals surface area contributed by atoms with Gasteiger partial charge in [-0.05, 0) is 19.4 Å². The van der Waals surface area contributed by atoms with Crippen molar-refractivity contribution in [3.05, 3.63) is 46.5 Å².